The first-order chi connectivity index (χ1) is 8.72. The number of hydrogen-bond acceptors (Lipinski definition) is 3. The number of amides is 1. The lowest BCUT2D eigenvalue weighted by atomic mass is 10.0. The molecule has 0 bridgehead atoms. The standard InChI is InChI=1S/C13H16N4O/c1-17-12(7-9-15-17)16-13(18)11-5-3-2-4-10(11)6-8-14/h2-5,7,9H,6,8,14H2,1H3,(H,16,18). The van der Waals surface area contributed by atoms with E-state index in [1.807, 2.05) is 18.2 Å². The van der Waals surface area contributed by atoms with Crippen molar-refractivity contribution in [1.82, 2.24) is 9.78 Å². The van der Waals surface area contributed by atoms with Crippen molar-refractivity contribution in [3.63, 3.8) is 0 Å². The molecule has 0 spiro atoms. The van der Waals surface area contributed by atoms with Gasteiger partial charge < -0.3 is 11.1 Å². The first-order valence-corrected chi connectivity index (χ1v) is 5.79. The summed E-state index contributed by atoms with van der Waals surface area (Å²) in [5.41, 5.74) is 7.16. The van der Waals surface area contributed by atoms with Gasteiger partial charge in [-0.15, -0.1) is 0 Å². The number of nitrogens with two attached hydrogens (primary N) is 1. The maximum Gasteiger partial charge on any atom is 0.257 e. The minimum atomic E-state index is -0.136. The topological polar surface area (TPSA) is 72.9 Å². The Balaban J connectivity index is 2.21. The van der Waals surface area contributed by atoms with E-state index in [9.17, 15) is 4.79 Å². The lowest BCUT2D eigenvalue weighted by Gasteiger charge is -2.09. The first-order valence-electron chi connectivity index (χ1n) is 5.79. The van der Waals surface area contributed by atoms with Gasteiger partial charge in [0.2, 0.25) is 0 Å². The molecule has 0 aliphatic carbocycles. The summed E-state index contributed by atoms with van der Waals surface area (Å²) >= 11 is 0. The molecule has 0 unspecified atom stereocenters. The molecular formula is C13H16N4O. The molecule has 2 aromatic rings. The van der Waals surface area contributed by atoms with Crippen molar-refractivity contribution in [2.75, 3.05) is 11.9 Å². The number of hydrogen-bond donors (Lipinski definition) is 2. The fourth-order valence-corrected chi connectivity index (χ4v) is 1.80. The van der Waals surface area contributed by atoms with Gasteiger partial charge in [0, 0.05) is 18.7 Å². The van der Waals surface area contributed by atoms with Crippen molar-refractivity contribution in [2.45, 2.75) is 6.42 Å². The number of rotatable bonds is 4. The van der Waals surface area contributed by atoms with Crippen LogP contribution in [0.25, 0.3) is 0 Å². The molecule has 1 heterocycles. The summed E-state index contributed by atoms with van der Waals surface area (Å²) in [6.07, 6.45) is 2.33. The fraction of sp³-hybridized carbons (Fsp3) is 0.231. The van der Waals surface area contributed by atoms with Crippen LogP contribution in [0.5, 0.6) is 0 Å². The Labute approximate surface area is 106 Å². The largest absolute Gasteiger partial charge is 0.330 e. The number of nitrogens with zero attached hydrogens (tertiary/aromatic N) is 2. The summed E-state index contributed by atoms with van der Waals surface area (Å²) in [4.78, 5) is 12.2. The Bertz CT molecular complexity index is 547. The fourth-order valence-electron chi connectivity index (χ4n) is 1.80. The maximum absolute atomic E-state index is 12.2. The molecule has 0 saturated carbocycles. The highest BCUT2D eigenvalue weighted by molar-refractivity contribution is 6.04. The minimum Gasteiger partial charge on any atom is -0.330 e. The molecule has 3 N–H and O–H groups in total. The van der Waals surface area contributed by atoms with E-state index in [2.05, 4.69) is 10.4 Å². The number of anilines is 1. The molecule has 2 rings (SSSR count). The van der Waals surface area contributed by atoms with Crippen LogP contribution in [0.1, 0.15) is 15.9 Å². The highest BCUT2D eigenvalue weighted by atomic mass is 16.1. The molecule has 94 valence electrons. The number of benzene rings is 1. The van der Waals surface area contributed by atoms with Gasteiger partial charge in [-0.1, -0.05) is 18.2 Å². The molecule has 1 amide bonds. The van der Waals surface area contributed by atoms with E-state index in [0.717, 1.165) is 5.56 Å². The predicted octanol–water partition coefficient (Wildman–Crippen LogP) is 1.17. The van der Waals surface area contributed by atoms with Crippen molar-refractivity contribution < 1.29 is 4.79 Å². The van der Waals surface area contributed by atoms with Gasteiger partial charge in [-0.3, -0.25) is 9.48 Å². The zero-order chi connectivity index (χ0) is 13.0. The number of aromatic nitrogens is 2. The average molecular weight is 244 g/mol. The van der Waals surface area contributed by atoms with Gasteiger partial charge in [-0.2, -0.15) is 5.10 Å². The van der Waals surface area contributed by atoms with E-state index in [0.29, 0.717) is 24.3 Å². The third-order valence-electron chi connectivity index (χ3n) is 2.74. The van der Waals surface area contributed by atoms with Crippen LogP contribution in [-0.2, 0) is 13.5 Å². The third kappa shape index (κ3) is 2.57. The minimum absolute atomic E-state index is 0.136. The Morgan fingerprint density at radius 3 is 2.83 bits per heavy atom. The molecule has 0 aliphatic heterocycles. The van der Waals surface area contributed by atoms with E-state index in [1.165, 1.54) is 0 Å². The van der Waals surface area contributed by atoms with Crippen molar-refractivity contribution in [3.05, 3.63) is 47.7 Å². The first kappa shape index (κ1) is 12.3. The van der Waals surface area contributed by atoms with Crippen LogP contribution in [0.4, 0.5) is 5.82 Å². The predicted molar refractivity (Wildman–Crippen MR) is 70.4 cm³/mol. The highest BCUT2D eigenvalue weighted by Gasteiger charge is 2.11. The summed E-state index contributed by atoms with van der Waals surface area (Å²) < 4.78 is 1.61. The summed E-state index contributed by atoms with van der Waals surface area (Å²) in [5.74, 6) is 0.533. The van der Waals surface area contributed by atoms with E-state index >= 15 is 0 Å². The average Bonchev–Trinajstić information content (AvgIpc) is 2.76. The normalized spacial score (nSPS) is 10.3. The van der Waals surface area contributed by atoms with Crippen LogP contribution >= 0.6 is 0 Å². The summed E-state index contributed by atoms with van der Waals surface area (Å²) in [5, 5.41) is 6.83. The van der Waals surface area contributed by atoms with Gasteiger partial charge in [-0.05, 0) is 24.6 Å². The van der Waals surface area contributed by atoms with Crippen LogP contribution in [0.3, 0.4) is 0 Å². The molecule has 18 heavy (non-hydrogen) atoms. The van der Waals surface area contributed by atoms with E-state index in [1.54, 1.807) is 30.1 Å². The second-order valence-corrected chi connectivity index (χ2v) is 3.99. The van der Waals surface area contributed by atoms with E-state index in [4.69, 9.17) is 5.73 Å². The van der Waals surface area contributed by atoms with Crippen LogP contribution < -0.4 is 11.1 Å². The van der Waals surface area contributed by atoms with Crippen molar-refractivity contribution in [1.29, 1.82) is 0 Å². The highest BCUT2D eigenvalue weighted by Crippen LogP contribution is 2.12. The van der Waals surface area contributed by atoms with E-state index in [-0.39, 0.29) is 5.91 Å². The SMILES string of the molecule is Cn1nccc1NC(=O)c1ccccc1CCN. The van der Waals surface area contributed by atoms with E-state index < -0.39 is 0 Å². The molecule has 0 fully saturated rings. The van der Waals surface area contributed by atoms with Crippen LogP contribution in [0.2, 0.25) is 0 Å². The van der Waals surface area contributed by atoms with Gasteiger partial charge in [0.05, 0.1) is 6.20 Å². The monoisotopic (exact) mass is 244 g/mol. The third-order valence-corrected chi connectivity index (χ3v) is 2.74. The lowest BCUT2D eigenvalue weighted by Crippen LogP contribution is -2.17. The molecular weight excluding hydrogens is 228 g/mol. The maximum atomic E-state index is 12.2. The molecule has 0 saturated heterocycles. The quantitative estimate of drug-likeness (QED) is 0.848. The second-order valence-electron chi connectivity index (χ2n) is 3.99. The van der Waals surface area contributed by atoms with Crippen LogP contribution in [0, 0.1) is 0 Å². The van der Waals surface area contributed by atoms with Gasteiger partial charge in [0.25, 0.3) is 5.91 Å². The molecule has 1 aromatic carbocycles. The number of aryl methyl sites for hydroxylation is 1. The van der Waals surface area contributed by atoms with Gasteiger partial charge >= 0.3 is 0 Å². The summed E-state index contributed by atoms with van der Waals surface area (Å²) in [7, 11) is 1.78. The Hall–Kier alpha value is -2.14. The Kier molecular flexibility index (Phi) is 3.74. The molecule has 0 aliphatic rings. The zero-order valence-corrected chi connectivity index (χ0v) is 10.3. The number of carbonyl (C=O) groups is 1. The Morgan fingerprint density at radius 1 is 1.39 bits per heavy atom. The van der Waals surface area contributed by atoms with Gasteiger partial charge in [-0.25, -0.2) is 0 Å². The van der Waals surface area contributed by atoms with Crippen molar-refractivity contribution in [2.24, 2.45) is 12.8 Å². The van der Waals surface area contributed by atoms with Crippen molar-refractivity contribution >= 4 is 11.7 Å². The molecule has 0 atom stereocenters. The smallest absolute Gasteiger partial charge is 0.257 e. The number of carbonyl (C=O) groups excluding carboxylic acids is 1. The van der Waals surface area contributed by atoms with Crippen molar-refractivity contribution in [3.8, 4) is 0 Å². The van der Waals surface area contributed by atoms with Gasteiger partial charge in [0.1, 0.15) is 5.82 Å². The molecule has 5 heteroatoms. The summed E-state index contributed by atoms with van der Waals surface area (Å²) in [6, 6.07) is 9.23. The number of nitrogens with one attached hydrogen (secondary N) is 1. The second kappa shape index (κ2) is 5.46. The van der Waals surface area contributed by atoms with Crippen LogP contribution in [0.15, 0.2) is 36.5 Å². The summed E-state index contributed by atoms with van der Waals surface area (Å²) in [6.45, 7) is 0.524. The Morgan fingerprint density at radius 2 is 2.17 bits per heavy atom. The van der Waals surface area contributed by atoms with Gasteiger partial charge in [0.15, 0.2) is 0 Å². The van der Waals surface area contributed by atoms with Crippen LogP contribution in [-0.4, -0.2) is 22.2 Å². The molecule has 0 radical (unpaired) electrons. The zero-order valence-electron chi connectivity index (χ0n) is 10.3. The molecule has 5 nitrogen and oxygen atoms in total. The lowest BCUT2D eigenvalue weighted by molar-refractivity contribution is 0.102. The molecule has 1 aromatic heterocycles.